The van der Waals surface area contributed by atoms with Crippen molar-refractivity contribution < 1.29 is 13.7 Å². The lowest BCUT2D eigenvalue weighted by Crippen LogP contribution is -2.13. The van der Waals surface area contributed by atoms with E-state index in [0.29, 0.717) is 0 Å². The highest BCUT2D eigenvalue weighted by Gasteiger charge is 2.25. The monoisotopic (exact) mass is 238 g/mol. The van der Waals surface area contributed by atoms with Crippen LogP contribution in [0.2, 0.25) is 0 Å². The average Bonchev–Trinajstić information content (AvgIpc) is 2.15. The number of rotatable bonds is 3. The first-order chi connectivity index (χ1) is 6.97. The van der Waals surface area contributed by atoms with Crippen LogP contribution >= 0.6 is 11.6 Å². The maximum atomic E-state index is 12.5. The lowest BCUT2D eigenvalue weighted by molar-refractivity contribution is -0.391. The largest absolute Gasteiger partial charge is 0.358 e. The Bertz CT molecular complexity index is 446. The van der Waals surface area contributed by atoms with E-state index < -0.39 is 28.3 Å². The summed E-state index contributed by atoms with van der Waals surface area (Å²) in [6.45, 7) is 0. The fourth-order valence-corrected chi connectivity index (χ4v) is 1.33. The lowest BCUT2D eigenvalue weighted by Gasteiger charge is -2.06. The number of hydrogen-bond donors (Lipinski definition) is 1. The zero-order valence-electron chi connectivity index (χ0n) is 7.17. The van der Waals surface area contributed by atoms with Gasteiger partial charge in [0.2, 0.25) is 0 Å². The van der Waals surface area contributed by atoms with Crippen LogP contribution in [0.1, 0.15) is 17.6 Å². The van der Waals surface area contributed by atoms with Crippen LogP contribution in [-0.4, -0.2) is 9.91 Å². The van der Waals surface area contributed by atoms with Crippen molar-refractivity contribution in [1.29, 1.82) is 0 Å². The Kier molecular flexibility index (Phi) is 3.35. The van der Waals surface area contributed by atoms with Crippen molar-refractivity contribution in [1.82, 2.24) is 4.98 Å². The molecule has 0 aliphatic carbocycles. The number of hydrogen-bond acceptors (Lipinski definition) is 3. The van der Waals surface area contributed by atoms with E-state index in [1.165, 1.54) is 0 Å². The number of pyridine rings is 1. The minimum absolute atomic E-state index is 0.234. The first-order valence-corrected chi connectivity index (χ1v) is 4.25. The van der Waals surface area contributed by atoms with Gasteiger partial charge in [-0.3, -0.25) is 0 Å². The molecule has 1 aromatic heterocycles. The Morgan fingerprint density at radius 2 is 2.20 bits per heavy atom. The van der Waals surface area contributed by atoms with E-state index in [9.17, 15) is 23.7 Å². The quantitative estimate of drug-likeness (QED) is 0.497. The number of aromatic amines is 1. The summed E-state index contributed by atoms with van der Waals surface area (Å²) in [5, 5.41) is 10.4. The Labute approximate surface area is 86.8 Å². The van der Waals surface area contributed by atoms with Crippen LogP contribution in [0.15, 0.2) is 10.9 Å². The molecule has 0 amide bonds. The van der Waals surface area contributed by atoms with Gasteiger partial charge in [-0.25, -0.2) is 18.6 Å². The van der Waals surface area contributed by atoms with Crippen LogP contribution in [0.3, 0.4) is 0 Å². The number of nitrogens with one attached hydrogen (secondary N) is 1. The molecule has 1 heterocycles. The van der Waals surface area contributed by atoms with Crippen molar-refractivity contribution in [3.05, 3.63) is 37.7 Å². The van der Waals surface area contributed by atoms with E-state index in [4.69, 9.17) is 11.6 Å². The van der Waals surface area contributed by atoms with Crippen LogP contribution in [0.4, 0.5) is 14.6 Å². The second-order valence-corrected chi connectivity index (χ2v) is 2.88. The predicted molar refractivity (Wildman–Crippen MR) is 48.2 cm³/mol. The van der Waals surface area contributed by atoms with Crippen molar-refractivity contribution in [3.8, 4) is 0 Å². The molecule has 0 unspecified atom stereocenters. The van der Waals surface area contributed by atoms with Crippen LogP contribution < -0.4 is 5.56 Å². The molecule has 0 bridgehead atoms. The summed E-state index contributed by atoms with van der Waals surface area (Å²) in [6.07, 6.45) is -3.06. The van der Waals surface area contributed by atoms with E-state index in [1.54, 1.807) is 4.98 Å². The van der Waals surface area contributed by atoms with Crippen molar-refractivity contribution in [2.24, 2.45) is 0 Å². The summed E-state index contributed by atoms with van der Waals surface area (Å²) in [7, 11) is 0. The summed E-state index contributed by atoms with van der Waals surface area (Å²) < 4.78 is 25.0. The molecular weight excluding hydrogens is 234 g/mol. The average molecular weight is 239 g/mol. The van der Waals surface area contributed by atoms with Gasteiger partial charge in [0.15, 0.2) is 0 Å². The molecule has 0 saturated heterocycles. The highest BCUT2D eigenvalue weighted by Crippen LogP contribution is 2.29. The molecule has 0 fully saturated rings. The van der Waals surface area contributed by atoms with Gasteiger partial charge in [0.1, 0.15) is 5.56 Å². The van der Waals surface area contributed by atoms with Gasteiger partial charge in [-0.2, -0.15) is 0 Å². The van der Waals surface area contributed by atoms with E-state index in [0.717, 1.165) is 6.07 Å². The van der Waals surface area contributed by atoms with Gasteiger partial charge in [0.05, 0.1) is 0 Å². The second kappa shape index (κ2) is 4.35. The molecule has 1 rings (SSSR count). The molecule has 1 aromatic rings. The van der Waals surface area contributed by atoms with Gasteiger partial charge in [0.25, 0.3) is 6.43 Å². The molecule has 0 atom stereocenters. The number of H-pyrrole nitrogens is 1. The summed E-state index contributed by atoms with van der Waals surface area (Å²) in [5.74, 6) is -1.39. The topological polar surface area (TPSA) is 76.0 Å². The molecular formula is C7H5ClF2N2O3. The van der Waals surface area contributed by atoms with Crippen molar-refractivity contribution in [2.75, 3.05) is 0 Å². The van der Waals surface area contributed by atoms with Crippen molar-refractivity contribution in [2.45, 2.75) is 12.3 Å². The molecule has 15 heavy (non-hydrogen) atoms. The van der Waals surface area contributed by atoms with E-state index >= 15 is 0 Å². The zero-order chi connectivity index (χ0) is 11.6. The molecule has 1 N–H and O–H groups in total. The van der Waals surface area contributed by atoms with Crippen LogP contribution in [0.25, 0.3) is 0 Å². The Morgan fingerprint density at radius 3 is 2.60 bits per heavy atom. The molecule has 0 aromatic carbocycles. The molecule has 0 saturated carbocycles. The minimum atomic E-state index is -3.06. The number of halogens is 3. The Morgan fingerprint density at radius 1 is 1.60 bits per heavy atom. The van der Waals surface area contributed by atoms with Crippen LogP contribution in [0.5, 0.6) is 0 Å². The van der Waals surface area contributed by atoms with Gasteiger partial charge in [-0.05, 0) is 10.5 Å². The molecule has 82 valence electrons. The first-order valence-electron chi connectivity index (χ1n) is 3.72. The van der Waals surface area contributed by atoms with Crippen molar-refractivity contribution in [3.63, 3.8) is 0 Å². The molecule has 0 spiro atoms. The number of alkyl halides is 3. The zero-order valence-corrected chi connectivity index (χ0v) is 7.92. The van der Waals surface area contributed by atoms with Gasteiger partial charge in [0, 0.05) is 11.9 Å². The fourth-order valence-electron chi connectivity index (χ4n) is 1.11. The maximum Gasteiger partial charge on any atom is 0.333 e. The van der Waals surface area contributed by atoms with E-state index in [2.05, 4.69) is 0 Å². The summed E-state index contributed by atoms with van der Waals surface area (Å²) in [4.78, 5) is 22.0. The van der Waals surface area contributed by atoms with Gasteiger partial charge < -0.3 is 10.1 Å². The molecule has 0 aliphatic heterocycles. The molecule has 5 nitrogen and oxygen atoms in total. The molecule has 8 heteroatoms. The third-order valence-electron chi connectivity index (χ3n) is 1.69. The second-order valence-electron chi connectivity index (χ2n) is 2.61. The lowest BCUT2D eigenvalue weighted by atomic mass is 10.1. The smallest absolute Gasteiger partial charge is 0.333 e. The van der Waals surface area contributed by atoms with Crippen LogP contribution in [0, 0.1) is 10.1 Å². The number of aromatic nitrogens is 1. The fraction of sp³-hybridized carbons (Fsp3) is 0.286. The standard InChI is InChI=1S/C7H5ClF2N2O3/c8-2-3-1-4(13)11-7(12(14)15)5(3)6(9)10/h1,6H,2H2,(H,11,13). The number of nitro groups is 1. The molecule has 0 radical (unpaired) electrons. The van der Waals surface area contributed by atoms with E-state index in [1.807, 2.05) is 0 Å². The maximum absolute atomic E-state index is 12.5. The Balaban J connectivity index is 3.54. The highest BCUT2D eigenvalue weighted by molar-refractivity contribution is 6.17. The third-order valence-corrected chi connectivity index (χ3v) is 1.98. The summed E-state index contributed by atoms with van der Waals surface area (Å²) in [6, 6.07) is 0.821. The van der Waals surface area contributed by atoms with E-state index in [-0.39, 0.29) is 11.4 Å². The van der Waals surface area contributed by atoms with Gasteiger partial charge in [-0.1, -0.05) is 0 Å². The predicted octanol–water partition coefficient (Wildman–Crippen LogP) is 1.96. The van der Waals surface area contributed by atoms with Crippen LogP contribution in [-0.2, 0) is 5.88 Å². The Hall–Kier alpha value is -1.50. The van der Waals surface area contributed by atoms with Gasteiger partial charge >= 0.3 is 11.4 Å². The highest BCUT2D eigenvalue weighted by atomic mass is 35.5. The first kappa shape index (κ1) is 11.6. The third kappa shape index (κ3) is 2.30. The number of nitrogens with zero attached hydrogens (tertiary/aromatic N) is 1. The molecule has 0 aliphatic rings. The normalized spacial score (nSPS) is 10.7. The SMILES string of the molecule is O=c1cc(CCl)c(C(F)F)c([N+](=O)[O-])[nH]1. The van der Waals surface area contributed by atoms with Gasteiger partial charge in [-0.15, -0.1) is 11.6 Å². The summed E-state index contributed by atoms with van der Waals surface area (Å²) >= 11 is 5.32. The van der Waals surface area contributed by atoms with Crippen molar-refractivity contribution >= 4 is 17.4 Å². The minimum Gasteiger partial charge on any atom is -0.358 e. The summed E-state index contributed by atoms with van der Waals surface area (Å²) in [5.41, 5.74) is -1.90.